The molecule has 1 heterocycles. The van der Waals surface area contributed by atoms with Crippen LogP contribution in [0.25, 0.3) is 0 Å². The summed E-state index contributed by atoms with van der Waals surface area (Å²) < 4.78 is 6.08. The van der Waals surface area contributed by atoms with Crippen LogP contribution in [-0.4, -0.2) is 27.7 Å². The van der Waals surface area contributed by atoms with Gasteiger partial charge in [-0.15, -0.1) is 0 Å². The summed E-state index contributed by atoms with van der Waals surface area (Å²) in [4.78, 5) is 12.9. The van der Waals surface area contributed by atoms with Crippen molar-refractivity contribution in [2.75, 3.05) is 0 Å². The number of carbonyl (C=O) groups excluding carboxylic acids is 1. The highest BCUT2D eigenvalue weighted by Crippen LogP contribution is 2.62. The number of benzene rings is 1. The van der Waals surface area contributed by atoms with Crippen molar-refractivity contribution in [1.29, 1.82) is 0 Å². The highest BCUT2D eigenvalue weighted by atomic mass is 16.5. The van der Waals surface area contributed by atoms with Gasteiger partial charge in [-0.2, -0.15) is 0 Å². The fourth-order valence-electron chi connectivity index (χ4n) is 5.78. The minimum Gasteiger partial charge on any atom is -0.504 e. The molecule has 2 N–H and O–H groups in total. The molecule has 0 saturated heterocycles. The molecule has 1 aromatic carbocycles. The molecular formula is C23H31O4+. The molecule has 0 bridgehead atoms. The Hall–Kier alpha value is -1.68. The topological polar surface area (TPSA) is 66.8 Å². The third kappa shape index (κ3) is 2.45. The van der Waals surface area contributed by atoms with Crippen molar-refractivity contribution in [3.05, 3.63) is 29.2 Å². The number of phenols is 1. The first-order valence-electron chi connectivity index (χ1n) is 10.3. The molecule has 4 heteroatoms. The standard InChI is InChI=1S/C23H30O4/c1-5-22-19-13(2)6-9-17(24)20(19)27-21(22)18(25)10-11-23(22,26)15(4)14(3)12-16-7-8-16/h6,9,15-16,21,26H,5,7-8,10-12H2,1-4H3/p+1. The summed E-state index contributed by atoms with van der Waals surface area (Å²) in [5.74, 6) is 2.51. The van der Waals surface area contributed by atoms with Gasteiger partial charge in [0.05, 0.1) is 24.7 Å². The number of hydrogen-bond acceptors (Lipinski definition) is 4. The van der Waals surface area contributed by atoms with Crippen LogP contribution in [0.1, 0.15) is 70.4 Å². The number of ether oxygens (including phenoxy) is 1. The largest absolute Gasteiger partial charge is 0.504 e. The average molecular weight is 371 g/mol. The third-order valence-corrected chi connectivity index (χ3v) is 7.61. The first-order valence-corrected chi connectivity index (χ1v) is 10.3. The average Bonchev–Trinajstić information content (AvgIpc) is 3.37. The molecule has 4 unspecified atom stereocenters. The SMILES string of the molecule is CCC12c3c(C)ccc(O)c3OC1C(=O)CCC2(O)C(C)[C+](C)CC1CC1. The van der Waals surface area contributed by atoms with Gasteiger partial charge >= 0.3 is 0 Å². The molecule has 0 amide bonds. The van der Waals surface area contributed by atoms with Crippen molar-refractivity contribution < 1.29 is 19.7 Å². The number of carbonyl (C=O) groups is 1. The lowest BCUT2D eigenvalue weighted by Gasteiger charge is -2.51. The van der Waals surface area contributed by atoms with Crippen molar-refractivity contribution in [3.63, 3.8) is 0 Å². The zero-order valence-electron chi connectivity index (χ0n) is 16.8. The van der Waals surface area contributed by atoms with Crippen LogP contribution in [0, 0.1) is 24.7 Å². The van der Waals surface area contributed by atoms with Gasteiger partial charge in [-0.1, -0.05) is 13.0 Å². The lowest BCUT2D eigenvalue weighted by molar-refractivity contribution is -0.160. The molecule has 2 aliphatic carbocycles. The van der Waals surface area contributed by atoms with E-state index >= 15 is 0 Å². The minimum atomic E-state index is -1.07. The van der Waals surface area contributed by atoms with E-state index in [1.807, 2.05) is 19.9 Å². The second-order valence-electron chi connectivity index (χ2n) is 9.03. The number of aromatic hydroxyl groups is 1. The maximum absolute atomic E-state index is 12.9. The number of rotatable bonds is 5. The normalized spacial score (nSPS) is 33.2. The quantitative estimate of drug-likeness (QED) is 0.760. The predicted molar refractivity (Wildman–Crippen MR) is 104 cm³/mol. The summed E-state index contributed by atoms with van der Waals surface area (Å²) in [6, 6.07) is 3.48. The van der Waals surface area contributed by atoms with Crippen LogP contribution in [0.4, 0.5) is 0 Å². The lowest BCUT2D eigenvalue weighted by Crippen LogP contribution is -2.66. The molecule has 4 nitrogen and oxygen atoms in total. The summed E-state index contributed by atoms with van der Waals surface area (Å²) >= 11 is 0. The second-order valence-corrected chi connectivity index (χ2v) is 9.03. The molecule has 4 atom stereocenters. The molecule has 0 spiro atoms. The molecular weight excluding hydrogens is 340 g/mol. The number of fused-ring (bicyclic) bond motifs is 3. The molecule has 146 valence electrons. The summed E-state index contributed by atoms with van der Waals surface area (Å²) in [6.45, 7) is 8.27. The molecule has 1 aliphatic heterocycles. The van der Waals surface area contributed by atoms with Crippen molar-refractivity contribution in [2.45, 2.75) is 83.3 Å². The van der Waals surface area contributed by atoms with Crippen LogP contribution in [0.15, 0.2) is 12.1 Å². The van der Waals surface area contributed by atoms with Crippen molar-refractivity contribution >= 4 is 5.78 Å². The zero-order valence-corrected chi connectivity index (χ0v) is 16.8. The van der Waals surface area contributed by atoms with Crippen molar-refractivity contribution in [2.24, 2.45) is 11.8 Å². The van der Waals surface area contributed by atoms with E-state index in [9.17, 15) is 15.0 Å². The van der Waals surface area contributed by atoms with Gasteiger partial charge in [0.1, 0.15) is 11.5 Å². The molecule has 3 aliphatic rings. The molecule has 2 fully saturated rings. The van der Waals surface area contributed by atoms with Gasteiger partial charge < -0.3 is 14.9 Å². The van der Waals surface area contributed by atoms with Gasteiger partial charge in [0, 0.05) is 12.0 Å². The summed E-state index contributed by atoms with van der Waals surface area (Å²) in [5.41, 5.74) is -0.0858. The van der Waals surface area contributed by atoms with Crippen LogP contribution < -0.4 is 4.74 Å². The Morgan fingerprint density at radius 2 is 2.07 bits per heavy atom. The van der Waals surface area contributed by atoms with Gasteiger partial charge in [0.15, 0.2) is 23.4 Å². The molecule has 27 heavy (non-hydrogen) atoms. The third-order valence-electron chi connectivity index (χ3n) is 7.61. The molecule has 0 aromatic heterocycles. The number of aryl methyl sites for hydroxylation is 1. The molecule has 1 aromatic rings. The van der Waals surface area contributed by atoms with Crippen molar-refractivity contribution in [1.82, 2.24) is 0 Å². The van der Waals surface area contributed by atoms with Crippen LogP contribution in [0.5, 0.6) is 11.5 Å². The summed E-state index contributed by atoms with van der Waals surface area (Å²) in [7, 11) is 0. The second kappa shape index (κ2) is 6.16. The highest BCUT2D eigenvalue weighted by molar-refractivity contribution is 5.89. The molecule has 2 saturated carbocycles. The van der Waals surface area contributed by atoms with E-state index in [1.54, 1.807) is 6.07 Å². The van der Waals surface area contributed by atoms with Gasteiger partial charge in [-0.3, -0.25) is 4.79 Å². The zero-order chi connectivity index (χ0) is 19.6. The Labute approximate surface area is 161 Å². The fraction of sp³-hybridized carbons (Fsp3) is 0.652. The van der Waals surface area contributed by atoms with E-state index in [2.05, 4.69) is 13.8 Å². The van der Waals surface area contributed by atoms with Gasteiger partial charge in [0.25, 0.3) is 0 Å². The minimum absolute atomic E-state index is 0.0311. The van der Waals surface area contributed by atoms with E-state index in [4.69, 9.17) is 4.74 Å². The monoisotopic (exact) mass is 371 g/mol. The van der Waals surface area contributed by atoms with E-state index in [0.29, 0.717) is 25.0 Å². The van der Waals surface area contributed by atoms with Crippen LogP contribution in [0.2, 0.25) is 0 Å². The lowest BCUT2D eigenvalue weighted by atomic mass is 9.51. The number of Topliss-reactive ketones (excluding diaryl/α,β-unsaturated/α-hetero) is 1. The van der Waals surface area contributed by atoms with E-state index < -0.39 is 17.1 Å². The van der Waals surface area contributed by atoms with Crippen molar-refractivity contribution in [3.8, 4) is 11.5 Å². The van der Waals surface area contributed by atoms with E-state index in [1.165, 1.54) is 18.8 Å². The Bertz CT molecular complexity index is 768. The van der Waals surface area contributed by atoms with Crippen LogP contribution in [0.3, 0.4) is 0 Å². The van der Waals surface area contributed by atoms with E-state index in [-0.39, 0.29) is 17.5 Å². The summed E-state index contributed by atoms with van der Waals surface area (Å²) in [6.07, 6.45) is 4.24. The Morgan fingerprint density at radius 3 is 2.70 bits per heavy atom. The summed E-state index contributed by atoms with van der Waals surface area (Å²) in [5, 5.41) is 22.6. The fourth-order valence-corrected chi connectivity index (χ4v) is 5.78. The Morgan fingerprint density at radius 1 is 1.37 bits per heavy atom. The molecule has 0 radical (unpaired) electrons. The highest BCUT2D eigenvalue weighted by Gasteiger charge is 2.70. The van der Waals surface area contributed by atoms with Gasteiger partial charge in [-0.25, -0.2) is 0 Å². The number of ketones is 1. The predicted octanol–water partition coefficient (Wildman–Crippen LogP) is 4.23. The smallest absolute Gasteiger partial charge is 0.174 e. The maximum Gasteiger partial charge on any atom is 0.174 e. The first-order chi connectivity index (χ1) is 12.8. The molecule has 4 rings (SSSR count). The Balaban J connectivity index is 1.86. The Kier molecular flexibility index (Phi) is 4.26. The number of aliphatic hydroxyl groups is 1. The first kappa shape index (κ1) is 18.7. The van der Waals surface area contributed by atoms with Crippen LogP contribution in [-0.2, 0) is 10.2 Å². The van der Waals surface area contributed by atoms with Gasteiger partial charge in [-0.05, 0) is 57.1 Å². The van der Waals surface area contributed by atoms with Crippen LogP contribution >= 0.6 is 0 Å². The number of hydrogen-bond donors (Lipinski definition) is 2. The maximum atomic E-state index is 12.9. The van der Waals surface area contributed by atoms with E-state index in [0.717, 1.165) is 23.5 Å². The van der Waals surface area contributed by atoms with Gasteiger partial charge in [0.2, 0.25) is 0 Å². The number of phenolic OH excluding ortho intramolecular Hbond substituents is 1.